The van der Waals surface area contributed by atoms with E-state index in [-0.39, 0.29) is 35.6 Å². The van der Waals surface area contributed by atoms with E-state index in [1.807, 2.05) is 12.1 Å². The van der Waals surface area contributed by atoms with Crippen molar-refractivity contribution in [2.24, 2.45) is 5.41 Å². The number of allylic oxidation sites excluding steroid dienone is 6. The third-order valence-corrected chi connectivity index (χ3v) is 11.5. The van der Waals surface area contributed by atoms with Gasteiger partial charge in [-0.2, -0.15) is 22.9 Å². The summed E-state index contributed by atoms with van der Waals surface area (Å²) in [4.78, 5) is 0. The van der Waals surface area contributed by atoms with Gasteiger partial charge in [-0.05, 0) is 53.0 Å². The maximum absolute atomic E-state index is 2.48. The normalized spacial score (nSPS) is 16.5. The fourth-order valence-corrected chi connectivity index (χ4v) is 8.56. The van der Waals surface area contributed by atoms with Crippen LogP contribution >= 0.6 is 0 Å². The first kappa shape index (κ1) is 39.0. The molecule has 4 aliphatic rings. The Labute approximate surface area is 322 Å². The van der Waals surface area contributed by atoms with E-state index >= 15 is 0 Å². The molecule has 4 aliphatic carbocycles. The van der Waals surface area contributed by atoms with Crippen molar-refractivity contribution in [3.63, 3.8) is 0 Å². The van der Waals surface area contributed by atoms with Gasteiger partial charge in [0.05, 0.1) is 0 Å². The molecule has 0 saturated carbocycles. The molecule has 0 atom stereocenters. The van der Waals surface area contributed by atoms with E-state index in [2.05, 4.69) is 154 Å². The molecule has 0 radical (unpaired) electrons. The van der Waals surface area contributed by atoms with Crippen LogP contribution in [0.25, 0.3) is 22.8 Å². The van der Waals surface area contributed by atoms with Crippen LogP contribution in [-0.2, 0) is 36.1 Å². The van der Waals surface area contributed by atoms with Gasteiger partial charge < -0.3 is 24.8 Å². The maximum atomic E-state index is 2.48. The van der Waals surface area contributed by atoms with Gasteiger partial charge in [0.2, 0.25) is 0 Å². The molecule has 3 heteroatoms. The summed E-state index contributed by atoms with van der Waals surface area (Å²) >= 11 is 1.46. The smallest absolute Gasteiger partial charge is 1.00 e. The third-order valence-electron chi connectivity index (χ3n) is 10.1. The number of halogens is 2. The van der Waals surface area contributed by atoms with E-state index in [0.29, 0.717) is 0 Å². The molecule has 0 amide bonds. The number of hydrogen-bond donors (Lipinski definition) is 0. The molecule has 0 bridgehead atoms. The molecule has 0 unspecified atom stereocenters. The van der Waals surface area contributed by atoms with Crippen LogP contribution in [0.5, 0.6) is 0 Å². The summed E-state index contributed by atoms with van der Waals surface area (Å²) in [6.07, 6.45) is 14.3. The predicted octanol–water partition coefficient (Wildman–Crippen LogP) is 3.99. The van der Waals surface area contributed by atoms with Gasteiger partial charge >= 0.3 is 112 Å². The number of aryl methyl sites for hydroxylation is 3. The van der Waals surface area contributed by atoms with Crippen molar-refractivity contribution in [3.05, 3.63) is 164 Å². The standard InChI is InChI=1S/C25H27.C15H14.C6H7.2ClH.Zr/c1-14-7-8-17-20(14)22-18(23-21(17)15(2)12-25(23,5)6)11-16-9-10-24(3,4)13-19(16)22;1-12-3-7-14(8-4-12)11-15-9-5-13(2)6-10-15;1-6-4-2-3-5-6;;;/h7-10,12H,11,13H2,1-6H3;3-10H,1-2H3;2-5H,1H3;2*1H;/q-1;;-1;;;+2/p-2. The SMILES string of the molecule is CC1=CC=c2c1c1c(c3c2=C(C)[CH-]C3(C)C)CC2=C1CC(C)(C)C=C2.C[c-]1cccc1.Cc1ccc([C](=[Zr+2])c2ccc(C)cc2)cc1.[Cl-].[Cl-]. The molecule has 0 N–H and O–H groups in total. The minimum atomic E-state index is 0. The average Bonchev–Trinajstić information content (AvgIpc) is 3.79. The monoisotopic (exact) mass is 760 g/mol. The van der Waals surface area contributed by atoms with Crippen LogP contribution in [0, 0.1) is 32.6 Å². The number of benzene rings is 3. The van der Waals surface area contributed by atoms with Crippen LogP contribution in [0.15, 0.2) is 96.6 Å². The van der Waals surface area contributed by atoms with Crippen molar-refractivity contribution in [3.8, 4) is 0 Å². The summed E-state index contributed by atoms with van der Waals surface area (Å²) in [7, 11) is 0. The van der Waals surface area contributed by atoms with E-state index < -0.39 is 0 Å². The Morgan fingerprint density at radius 2 is 1.33 bits per heavy atom. The van der Waals surface area contributed by atoms with Gasteiger partial charge in [0.1, 0.15) is 0 Å². The van der Waals surface area contributed by atoms with Crippen LogP contribution in [0.4, 0.5) is 0 Å². The molecule has 0 saturated heterocycles. The summed E-state index contributed by atoms with van der Waals surface area (Å²) in [5, 5.41) is 3.00. The van der Waals surface area contributed by atoms with E-state index in [0.717, 1.165) is 12.8 Å². The Hall–Kier alpha value is -2.83. The second-order valence-corrected chi connectivity index (χ2v) is 16.4. The molecular formula is C46H48Cl2Zr-2. The Kier molecular flexibility index (Phi) is 12.1. The Bertz CT molecular complexity index is 2030. The van der Waals surface area contributed by atoms with Crippen molar-refractivity contribution in [2.75, 3.05) is 0 Å². The molecule has 0 fully saturated rings. The number of rotatable bonds is 2. The first-order valence-electron chi connectivity index (χ1n) is 17.0. The van der Waals surface area contributed by atoms with Gasteiger partial charge in [-0.3, -0.25) is 0 Å². The van der Waals surface area contributed by atoms with Crippen LogP contribution in [-0.4, -0.2) is 3.21 Å². The minimum absolute atomic E-state index is 0. The molecular weight excluding hydrogens is 715 g/mol. The minimum Gasteiger partial charge on any atom is -1.00 e. The Morgan fingerprint density at radius 3 is 1.84 bits per heavy atom. The molecule has 4 aromatic carbocycles. The predicted molar refractivity (Wildman–Crippen MR) is 201 cm³/mol. The van der Waals surface area contributed by atoms with Gasteiger partial charge in [0.25, 0.3) is 0 Å². The molecule has 0 spiro atoms. The summed E-state index contributed by atoms with van der Waals surface area (Å²) in [5.74, 6) is 0. The largest absolute Gasteiger partial charge is 1.00 e. The van der Waals surface area contributed by atoms with E-state index in [9.17, 15) is 0 Å². The van der Waals surface area contributed by atoms with Crippen LogP contribution < -0.4 is 35.3 Å². The summed E-state index contributed by atoms with van der Waals surface area (Å²) in [6.45, 7) is 20.4. The molecule has 4 aromatic rings. The second kappa shape index (κ2) is 15.2. The molecule has 49 heavy (non-hydrogen) atoms. The quantitative estimate of drug-likeness (QED) is 0.272. The average molecular weight is 763 g/mol. The van der Waals surface area contributed by atoms with E-state index in [4.69, 9.17) is 0 Å². The van der Waals surface area contributed by atoms with Crippen LogP contribution in [0.1, 0.15) is 98.0 Å². The zero-order chi connectivity index (χ0) is 33.7. The fraction of sp³-hybridized carbons (Fsp3) is 0.283. The molecule has 0 aliphatic heterocycles. The first-order chi connectivity index (χ1) is 22.3. The van der Waals surface area contributed by atoms with Gasteiger partial charge in [0, 0.05) is 0 Å². The third kappa shape index (κ3) is 7.91. The van der Waals surface area contributed by atoms with Gasteiger partial charge in [0.15, 0.2) is 0 Å². The van der Waals surface area contributed by atoms with Gasteiger partial charge in [-0.1, -0.05) is 82.0 Å². The van der Waals surface area contributed by atoms with Crippen molar-refractivity contribution in [1.29, 1.82) is 0 Å². The molecule has 0 heterocycles. The summed E-state index contributed by atoms with van der Waals surface area (Å²) in [5.41, 5.74) is 19.4. The topological polar surface area (TPSA) is 0 Å². The zero-order valence-corrected chi connectivity index (χ0v) is 34.5. The Morgan fingerprint density at radius 1 is 0.776 bits per heavy atom. The van der Waals surface area contributed by atoms with Crippen molar-refractivity contribution in [2.45, 2.75) is 80.6 Å². The van der Waals surface area contributed by atoms with Gasteiger partial charge in [-0.15, -0.1) is 5.56 Å². The Balaban J connectivity index is 0.000000194. The fourth-order valence-electron chi connectivity index (χ4n) is 7.74. The van der Waals surface area contributed by atoms with E-state index in [1.165, 1.54) is 82.4 Å². The van der Waals surface area contributed by atoms with Crippen LogP contribution in [0.2, 0.25) is 0 Å². The molecule has 8 rings (SSSR count). The number of hydrogen-bond acceptors (Lipinski definition) is 0. The number of fused-ring (bicyclic) bond motifs is 7. The maximum Gasteiger partial charge on any atom is -1.00 e. The molecule has 0 nitrogen and oxygen atoms in total. The first-order valence-corrected chi connectivity index (χ1v) is 18.3. The second-order valence-electron chi connectivity index (χ2n) is 15.2. The van der Waals surface area contributed by atoms with Crippen molar-refractivity contribution in [1.82, 2.24) is 0 Å². The van der Waals surface area contributed by atoms with Gasteiger partial charge in [-0.25, -0.2) is 24.1 Å². The zero-order valence-electron chi connectivity index (χ0n) is 30.5. The van der Waals surface area contributed by atoms with Crippen molar-refractivity contribution >= 4 is 26.0 Å². The summed E-state index contributed by atoms with van der Waals surface area (Å²) in [6, 6.07) is 25.8. The van der Waals surface area contributed by atoms with Crippen molar-refractivity contribution < 1.29 is 49.0 Å². The summed E-state index contributed by atoms with van der Waals surface area (Å²) < 4.78 is 1.42. The van der Waals surface area contributed by atoms with Crippen LogP contribution in [0.3, 0.4) is 0 Å². The van der Waals surface area contributed by atoms with E-state index in [1.54, 1.807) is 27.8 Å². The molecule has 252 valence electrons. The molecule has 0 aromatic heterocycles.